The Kier molecular flexibility index (Phi) is 2.55. The minimum absolute atomic E-state index is 0.0321. The molecule has 1 N–H and O–H groups in total. The standard InChI is InChI=1S/C11H12ClN3O/c12-8-2-1-4-15-7-9(14-11(8)15)10-6-13-3-5-16-10/h1-2,4,7,10,13H,3,5-6H2. The largest absolute Gasteiger partial charge is 0.369 e. The van der Waals surface area contributed by atoms with Gasteiger partial charge in [-0.15, -0.1) is 0 Å². The highest BCUT2D eigenvalue weighted by molar-refractivity contribution is 6.33. The van der Waals surface area contributed by atoms with Crippen LogP contribution in [0.5, 0.6) is 0 Å². The SMILES string of the molecule is Clc1cccn2cc(C3CNCCO3)nc12. The van der Waals surface area contributed by atoms with E-state index in [4.69, 9.17) is 16.3 Å². The van der Waals surface area contributed by atoms with Crippen LogP contribution in [0.25, 0.3) is 5.65 Å². The lowest BCUT2D eigenvalue weighted by atomic mass is 10.2. The van der Waals surface area contributed by atoms with Crippen LogP contribution in [0.2, 0.25) is 5.02 Å². The molecule has 0 aromatic carbocycles. The molecule has 4 nitrogen and oxygen atoms in total. The highest BCUT2D eigenvalue weighted by atomic mass is 35.5. The number of aromatic nitrogens is 2. The molecule has 16 heavy (non-hydrogen) atoms. The molecule has 0 amide bonds. The molecule has 1 fully saturated rings. The highest BCUT2D eigenvalue weighted by Crippen LogP contribution is 2.22. The molecule has 0 spiro atoms. The van der Waals surface area contributed by atoms with Crippen molar-refractivity contribution < 1.29 is 4.74 Å². The van der Waals surface area contributed by atoms with Gasteiger partial charge in [0.1, 0.15) is 6.10 Å². The smallest absolute Gasteiger partial charge is 0.155 e. The Morgan fingerprint density at radius 1 is 1.56 bits per heavy atom. The molecule has 3 rings (SSSR count). The van der Waals surface area contributed by atoms with E-state index in [0.29, 0.717) is 5.02 Å². The molecule has 0 bridgehead atoms. The molecule has 1 unspecified atom stereocenters. The van der Waals surface area contributed by atoms with Crippen molar-refractivity contribution in [1.29, 1.82) is 0 Å². The van der Waals surface area contributed by atoms with Crippen LogP contribution in [0, 0.1) is 0 Å². The van der Waals surface area contributed by atoms with E-state index in [1.807, 2.05) is 28.9 Å². The summed E-state index contributed by atoms with van der Waals surface area (Å²) in [4.78, 5) is 4.50. The Balaban J connectivity index is 2.01. The molecule has 3 heterocycles. The van der Waals surface area contributed by atoms with E-state index in [9.17, 15) is 0 Å². The molecule has 1 atom stereocenters. The van der Waals surface area contributed by atoms with Gasteiger partial charge >= 0.3 is 0 Å². The topological polar surface area (TPSA) is 38.6 Å². The number of imidazole rings is 1. The monoisotopic (exact) mass is 237 g/mol. The van der Waals surface area contributed by atoms with Crippen molar-refractivity contribution in [2.75, 3.05) is 19.7 Å². The van der Waals surface area contributed by atoms with Gasteiger partial charge in [0.15, 0.2) is 5.65 Å². The Morgan fingerprint density at radius 3 is 3.25 bits per heavy atom. The minimum Gasteiger partial charge on any atom is -0.369 e. The van der Waals surface area contributed by atoms with Crippen LogP contribution in [-0.2, 0) is 4.74 Å². The van der Waals surface area contributed by atoms with Crippen LogP contribution in [0.4, 0.5) is 0 Å². The number of nitrogens with one attached hydrogen (secondary N) is 1. The summed E-state index contributed by atoms with van der Waals surface area (Å²) in [5.74, 6) is 0. The lowest BCUT2D eigenvalue weighted by Gasteiger charge is -2.21. The number of ether oxygens (including phenoxy) is 1. The third kappa shape index (κ3) is 1.69. The van der Waals surface area contributed by atoms with Crippen molar-refractivity contribution in [3.63, 3.8) is 0 Å². The molecule has 2 aromatic heterocycles. The van der Waals surface area contributed by atoms with E-state index < -0.39 is 0 Å². The number of rotatable bonds is 1. The van der Waals surface area contributed by atoms with E-state index in [2.05, 4.69) is 10.3 Å². The third-order valence-corrected chi connectivity index (χ3v) is 3.01. The number of fused-ring (bicyclic) bond motifs is 1. The second kappa shape index (κ2) is 4.05. The maximum atomic E-state index is 6.07. The molecule has 0 aliphatic carbocycles. The van der Waals surface area contributed by atoms with Gasteiger partial charge in [-0.1, -0.05) is 11.6 Å². The van der Waals surface area contributed by atoms with Gasteiger partial charge < -0.3 is 14.5 Å². The zero-order valence-electron chi connectivity index (χ0n) is 8.69. The van der Waals surface area contributed by atoms with Crippen LogP contribution in [0.3, 0.4) is 0 Å². The molecule has 0 saturated carbocycles. The second-order valence-electron chi connectivity index (χ2n) is 3.82. The van der Waals surface area contributed by atoms with Crippen LogP contribution in [0.15, 0.2) is 24.5 Å². The molecular weight excluding hydrogens is 226 g/mol. The summed E-state index contributed by atoms with van der Waals surface area (Å²) in [5.41, 5.74) is 1.72. The van der Waals surface area contributed by atoms with Gasteiger partial charge in [0.05, 0.1) is 17.3 Å². The maximum Gasteiger partial charge on any atom is 0.155 e. The minimum atomic E-state index is 0.0321. The average Bonchev–Trinajstić information content (AvgIpc) is 2.76. The first-order chi connectivity index (χ1) is 7.84. The van der Waals surface area contributed by atoms with E-state index in [1.54, 1.807) is 0 Å². The highest BCUT2D eigenvalue weighted by Gasteiger charge is 2.19. The Morgan fingerprint density at radius 2 is 2.50 bits per heavy atom. The molecular formula is C11H12ClN3O. The number of hydrogen-bond acceptors (Lipinski definition) is 3. The van der Waals surface area contributed by atoms with Crippen LogP contribution >= 0.6 is 11.6 Å². The lowest BCUT2D eigenvalue weighted by molar-refractivity contribution is 0.0253. The number of morpholine rings is 1. The van der Waals surface area contributed by atoms with Gasteiger partial charge in [-0.3, -0.25) is 0 Å². The van der Waals surface area contributed by atoms with Crippen LogP contribution < -0.4 is 5.32 Å². The maximum absolute atomic E-state index is 6.07. The fourth-order valence-electron chi connectivity index (χ4n) is 1.91. The van der Waals surface area contributed by atoms with Gasteiger partial charge in [0, 0.05) is 25.5 Å². The van der Waals surface area contributed by atoms with Crippen LogP contribution in [-0.4, -0.2) is 29.1 Å². The van der Waals surface area contributed by atoms with Crippen molar-refractivity contribution in [3.05, 3.63) is 35.2 Å². The summed E-state index contributed by atoms with van der Waals surface area (Å²) in [7, 11) is 0. The first kappa shape index (κ1) is 10.1. The lowest BCUT2D eigenvalue weighted by Crippen LogP contribution is -2.33. The fraction of sp³-hybridized carbons (Fsp3) is 0.364. The van der Waals surface area contributed by atoms with Crippen molar-refractivity contribution >= 4 is 17.2 Å². The van der Waals surface area contributed by atoms with Gasteiger partial charge in [-0.05, 0) is 12.1 Å². The summed E-state index contributed by atoms with van der Waals surface area (Å²) in [6, 6.07) is 3.74. The molecule has 0 radical (unpaired) electrons. The summed E-state index contributed by atoms with van der Waals surface area (Å²) in [6.07, 6.45) is 3.94. The molecule has 2 aromatic rings. The van der Waals surface area contributed by atoms with E-state index >= 15 is 0 Å². The summed E-state index contributed by atoms with van der Waals surface area (Å²) in [6.45, 7) is 2.44. The van der Waals surface area contributed by atoms with Gasteiger partial charge in [0.2, 0.25) is 0 Å². The normalized spacial score (nSPS) is 21.4. The van der Waals surface area contributed by atoms with Gasteiger partial charge in [-0.2, -0.15) is 0 Å². The summed E-state index contributed by atoms with van der Waals surface area (Å²) in [5, 5.41) is 3.95. The Labute approximate surface area is 98.2 Å². The zero-order chi connectivity index (χ0) is 11.0. The zero-order valence-corrected chi connectivity index (χ0v) is 9.44. The molecule has 5 heteroatoms. The van der Waals surface area contributed by atoms with E-state index in [0.717, 1.165) is 31.0 Å². The Bertz CT molecular complexity index is 505. The van der Waals surface area contributed by atoms with Crippen LogP contribution in [0.1, 0.15) is 11.8 Å². The van der Waals surface area contributed by atoms with E-state index in [-0.39, 0.29) is 6.10 Å². The summed E-state index contributed by atoms with van der Waals surface area (Å²) >= 11 is 6.07. The van der Waals surface area contributed by atoms with Gasteiger partial charge in [0.25, 0.3) is 0 Å². The third-order valence-electron chi connectivity index (χ3n) is 2.71. The molecule has 84 valence electrons. The molecule has 1 aliphatic rings. The predicted octanol–water partition coefficient (Wildman–Crippen LogP) is 1.65. The van der Waals surface area contributed by atoms with Crippen molar-refractivity contribution in [3.8, 4) is 0 Å². The number of pyridine rings is 1. The first-order valence-electron chi connectivity index (χ1n) is 5.30. The van der Waals surface area contributed by atoms with Crippen molar-refractivity contribution in [2.45, 2.75) is 6.10 Å². The van der Waals surface area contributed by atoms with Crippen molar-refractivity contribution in [1.82, 2.24) is 14.7 Å². The first-order valence-corrected chi connectivity index (χ1v) is 5.68. The second-order valence-corrected chi connectivity index (χ2v) is 4.22. The fourth-order valence-corrected chi connectivity index (χ4v) is 2.12. The Hall–Kier alpha value is -1.10. The average molecular weight is 238 g/mol. The van der Waals surface area contributed by atoms with Gasteiger partial charge in [-0.25, -0.2) is 4.98 Å². The van der Waals surface area contributed by atoms with Crippen molar-refractivity contribution in [2.24, 2.45) is 0 Å². The number of hydrogen-bond donors (Lipinski definition) is 1. The number of halogens is 1. The number of nitrogens with zero attached hydrogens (tertiary/aromatic N) is 2. The molecule has 1 aliphatic heterocycles. The predicted molar refractivity (Wildman–Crippen MR) is 61.8 cm³/mol. The quantitative estimate of drug-likeness (QED) is 0.820. The molecule has 1 saturated heterocycles. The summed E-state index contributed by atoms with van der Waals surface area (Å²) < 4.78 is 7.58. The van der Waals surface area contributed by atoms with E-state index in [1.165, 1.54) is 0 Å².